The van der Waals surface area contributed by atoms with Crippen LogP contribution in [0.15, 0.2) is 85.2 Å². The Labute approximate surface area is 381 Å². The molecule has 1 aliphatic rings. The lowest BCUT2D eigenvalue weighted by molar-refractivity contribution is -0.252. The van der Waals surface area contributed by atoms with Crippen molar-refractivity contribution < 1.29 is 64.8 Å². The zero-order chi connectivity index (χ0) is 49.2. The maximum Gasteiger partial charge on any atom is 0.335 e. The molecule has 354 valence electrons. The molecule has 66 heavy (non-hydrogen) atoms. The van der Waals surface area contributed by atoms with Gasteiger partial charge in [-0.1, -0.05) is 71.8 Å². The van der Waals surface area contributed by atoms with Gasteiger partial charge >= 0.3 is 11.9 Å². The third kappa shape index (κ3) is 13.5. The minimum Gasteiger partial charge on any atom is -0.479 e. The minimum atomic E-state index is -2.27. The van der Waals surface area contributed by atoms with Crippen LogP contribution in [0.5, 0.6) is 0 Å². The molecule has 6 atom stereocenters. The van der Waals surface area contributed by atoms with Crippen molar-refractivity contribution in [3.8, 4) is 22.5 Å². The summed E-state index contributed by atoms with van der Waals surface area (Å²) in [5, 5.41) is 67.8. The summed E-state index contributed by atoms with van der Waals surface area (Å²) in [4.78, 5) is 56.8. The Morgan fingerprint density at radius 1 is 0.591 bits per heavy atom. The van der Waals surface area contributed by atoms with Crippen LogP contribution in [0, 0.1) is 27.7 Å². The van der Waals surface area contributed by atoms with Crippen molar-refractivity contribution in [1.82, 2.24) is 28.6 Å². The van der Waals surface area contributed by atoms with Gasteiger partial charge in [-0.3, -0.25) is 9.59 Å². The molecule has 7 rings (SSSR count). The second kappa shape index (κ2) is 23.0. The molecule has 19 nitrogen and oxygen atoms in total. The number of carboxylic acid groups (broad SMARTS) is 2. The number of amides is 2. The Bertz CT molecular complexity index is 2430. The maximum atomic E-state index is 12.3. The number of hydrogen-bond donors (Lipinski definition) is 8. The van der Waals surface area contributed by atoms with E-state index in [0.717, 1.165) is 56.3 Å². The first-order chi connectivity index (χ1) is 31.0. The van der Waals surface area contributed by atoms with Gasteiger partial charge in [-0.2, -0.15) is 0 Å². The topological polar surface area (TPSA) is 280 Å². The Balaban J connectivity index is 0.000000207. The van der Waals surface area contributed by atoms with Crippen LogP contribution in [0.1, 0.15) is 33.6 Å². The van der Waals surface area contributed by atoms with E-state index in [0.29, 0.717) is 12.8 Å². The number of likely N-dealkylation sites (N-methyl/N-ethyl adjacent to an activating group) is 2. The number of benzene rings is 2. The Hall–Kier alpha value is -6.58. The molecular formula is C47H58N6O13. The predicted molar refractivity (Wildman–Crippen MR) is 242 cm³/mol. The van der Waals surface area contributed by atoms with E-state index in [1.54, 1.807) is 38.0 Å². The number of ether oxygens (including phenoxy) is 1. The van der Waals surface area contributed by atoms with Crippen molar-refractivity contribution in [2.45, 2.75) is 77.3 Å². The van der Waals surface area contributed by atoms with Crippen LogP contribution in [0.4, 0.5) is 0 Å². The first-order valence-electron chi connectivity index (χ1n) is 20.7. The summed E-state index contributed by atoms with van der Waals surface area (Å²) in [6.07, 6.45) is -5.02. The van der Waals surface area contributed by atoms with E-state index in [-0.39, 0.29) is 18.4 Å². The van der Waals surface area contributed by atoms with Gasteiger partial charge in [0.25, 0.3) is 0 Å². The standard InChI is InChI=1S/2C19H21N3O.C5H10O5.C4H6O6/c2*1-13-5-8-15(9-6-13)19-16(11-18(23)21(3)4)22-12-14(2)7-10-17(22)20-19;6-2-1-10-5(9)4(8)3(2)7;5-1(3(7)8)2(6)4(9)10/h2*5-10,12H,11H2,1-4H3;2-9H,1H2;1-2,5-6H,(H,7,8)(H,9,10)/t;;2-,3+,4-,5?;/m..1./s1. The zero-order valence-electron chi connectivity index (χ0n) is 38.0. The molecule has 0 aliphatic carbocycles. The molecule has 2 aromatic carbocycles. The molecule has 5 heterocycles. The number of aromatic nitrogens is 4. The number of pyridine rings is 2. The highest BCUT2D eigenvalue weighted by molar-refractivity contribution is 5.83. The summed E-state index contributed by atoms with van der Waals surface area (Å²) in [6.45, 7) is 8.06. The highest BCUT2D eigenvalue weighted by Gasteiger charge is 2.36. The fourth-order valence-corrected chi connectivity index (χ4v) is 6.29. The van der Waals surface area contributed by atoms with Crippen LogP contribution >= 0.6 is 0 Å². The normalized spacial score (nSPS) is 17.5. The molecule has 0 saturated carbocycles. The second-order valence-corrected chi connectivity index (χ2v) is 16.2. The third-order valence-corrected chi connectivity index (χ3v) is 10.3. The number of carbonyl (C=O) groups is 4. The van der Waals surface area contributed by atoms with Crippen molar-refractivity contribution >= 4 is 35.0 Å². The lowest BCUT2D eigenvalue weighted by Gasteiger charge is -2.31. The third-order valence-electron chi connectivity index (χ3n) is 10.3. The van der Waals surface area contributed by atoms with E-state index in [4.69, 9.17) is 50.8 Å². The van der Waals surface area contributed by atoms with Gasteiger partial charge in [0.1, 0.15) is 29.6 Å². The summed E-state index contributed by atoms with van der Waals surface area (Å²) in [5.74, 6) is -3.40. The summed E-state index contributed by atoms with van der Waals surface area (Å²) >= 11 is 0. The predicted octanol–water partition coefficient (Wildman–Crippen LogP) is 1.79. The van der Waals surface area contributed by atoms with E-state index in [2.05, 4.69) is 67.1 Å². The molecular weight excluding hydrogens is 857 g/mol. The van der Waals surface area contributed by atoms with E-state index in [1.165, 1.54) is 11.1 Å². The van der Waals surface area contributed by atoms with Crippen LogP contribution in [0.25, 0.3) is 33.8 Å². The fourth-order valence-electron chi connectivity index (χ4n) is 6.29. The molecule has 6 aromatic rings. The average Bonchev–Trinajstić information content (AvgIpc) is 3.81. The molecule has 3 unspecified atom stereocenters. The summed E-state index contributed by atoms with van der Waals surface area (Å²) in [6, 6.07) is 24.6. The van der Waals surface area contributed by atoms with Crippen LogP contribution < -0.4 is 0 Å². The van der Waals surface area contributed by atoms with Gasteiger partial charge in [-0.05, 0) is 51.0 Å². The number of aliphatic hydroxyl groups is 6. The SMILES string of the molecule is Cc1ccc(-c2nc3ccc(C)cn3c2CC(=O)N(C)C)cc1.Cc1ccc(-c2nc3ccc(C)cn3c2CC(=O)N(C)C)cc1.O=C(O)C(O)C(O)C(=O)O.OC1OC[C@@H](O)[C@H](O)[C@H]1O. The smallest absolute Gasteiger partial charge is 0.335 e. The first kappa shape index (κ1) is 52.0. The first-order valence-corrected chi connectivity index (χ1v) is 20.7. The molecule has 2 amide bonds. The molecule has 8 N–H and O–H groups in total. The molecule has 0 bridgehead atoms. The molecule has 4 aromatic heterocycles. The van der Waals surface area contributed by atoms with E-state index < -0.39 is 48.7 Å². The molecule has 1 fully saturated rings. The lowest BCUT2D eigenvalue weighted by Crippen LogP contribution is -2.52. The van der Waals surface area contributed by atoms with Crippen molar-refractivity contribution in [3.05, 3.63) is 119 Å². The number of rotatable bonds is 9. The van der Waals surface area contributed by atoms with Gasteiger partial charge in [-0.25, -0.2) is 19.6 Å². The van der Waals surface area contributed by atoms with Crippen molar-refractivity contribution in [3.63, 3.8) is 0 Å². The summed E-state index contributed by atoms with van der Waals surface area (Å²) in [7, 11) is 7.12. The quantitative estimate of drug-likeness (QED) is 0.103. The number of fused-ring (bicyclic) bond motifs is 2. The Morgan fingerprint density at radius 3 is 1.26 bits per heavy atom. The number of carboxylic acids is 2. The van der Waals surface area contributed by atoms with Gasteiger partial charge in [0, 0.05) is 51.7 Å². The Morgan fingerprint density at radius 2 is 0.939 bits per heavy atom. The van der Waals surface area contributed by atoms with Crippen LogP contribution in [-0.2, 0) is 36.8 Å². The molecule has 19 heteroatoms. The summed E-state index contributed by atoms with van der Waals surface area (Å²) < 4.78 is 8.54. The van der Waals surface area contributed by atoms with Gasteiger partial charge in [0.2, 0.25) is 11.8 Å². The van der Waals surface area contributed by atoms with Crippen molar-refractivity contribution in [1.29, 1.82) is 0 Å². The van der Waals surface area contributed by atoms with Crippen LogP contribution in [0.2, 0.25) is 0 Å². The second-order valence-electron chi connectivity index (χ2n) is 16.2. The van der Waals surface area contributed by atoms with E-state index in [1.807, 2.05) is 59.3 Å². The molecule has 0 radical (unpaired) electrons. The molecule has 0 spiro atoms. The van der Waals surface area contributed by atoms with Gasteiger partial charge < -0.3 is 64.2 Å². The monoisotopic (exact) mass is 914 g/mol. The van der Waals surface area contributed by atoms with Gasteiger partial charge in [-0.15, -0.1) is 0 Å². The number of aryl methyl sites for hydroxylation is 4. The average molecular weight is 915 g/mol. The fraction of sp³-hybridized carbons (Fsp3) is 0.362. The molecule has 1 saturated heterocycles. The van der Waals surface area contributed by atoms with Crippen LogP contribution in [0.3, 0.4) is 0 Å². The number of aliphatic carboxylic acids is 2. The summed E-state index contributed by atoms with van der Waals surface area (Å²) in [5.41, 5.74) is 12.2. The number of aliphatic hydroxyl groups excluding tert-OH is 6. The van der Waals surface area contributed by atoms with E-state index >= 15 is 0 Å². The number of carbonyl (C=O) groups excluding carboxylic acids is 2. The Kier molecular flexibility index (Phi) is 18.2. The molecule has 1 aliphatic heterocycles. The lowest BCUT2D eigenvalue weighted by atomic mass is 10.1. The van der Waals surface area contributed by atoms with Gasteiger partial charge in [0.05, 0.1) is 42.2 Å². The highest BCUT2D eigenvalue weighted by Crippen LogP contribution is 2.28. The van der Waals surface area contributed by atoms with Crippen molar-refractivity contribution in [2.24, 2.45) is 0 Å². The van der Waals surface area contributed by atoms with Crippen molar-refractivity contribution in [2.75, 3.05) is 34.8 Å². The maximum absolute atomic E-state index is 12.3. The van der Waals surface area contributed by atoms with Gasteiger partial charge in [0.15, 0.2) is 18.5 Å². The highest BCUT2D eigenvalue weighted by atomic mass is 16.6. The number of hydrogen-bond acceptors (Lipinski definition) is 13. The van der Waals surface area contributed by atoms with Crippen LogP contribution in [-0.4, -0.2) is 165 Å². The minimum absolute atomic E-state index is 0.0710. The zero-order valence-corrected chi connectivity index (χ0v) is 38.0. The number of nitrogens with zero attached hydrogens (tertiary/aromatic N) is 6. The number of imidazole rings is 2. The van der Waals surface area contributed by atoms with E-state index in [9.17, 15) is 19.2 Å². The largest absolute Gasteiger partial charge is 0.479 e.